The smallest absolute Gasteiger partial charge is 0.293 e. The summed E-state index contributed by atoms with van der Waals surface area (Å²) in [5, 5.41) is 30.0. The van der Waals surface area contributed by atoms with Gasteiger partial charge in [-0.25, -0.2) is 10.1 Å². The van der Waals surface area contributed by atoms with E-state index in [2.05, 4.69) is 35.8 Å². The molecule has 3 rings (SSSR count). The molecular formula is C22H30N8O4. The van der Waals surface area contributed by atoms with Crippen LogP contribution in [-0.4, -0.2) is 49.6 Å². The molecule has 12 heteroatoms. The number of nitrogens with zero attached hydrogens (tertiary/aromatic N) is 6. The molecule has 0 aliphatic rings. The molecule has 0 unspecified atom stereocenters. The lowest BCUT2D eigenvalue weighted by molar-refractivity contribution is 0.0944. The standard InChI is InChI=1S/C22H30N8O4/c1-21(2,3)13-8-12(9-14(17(13)31)22(4,5)6)10-24-26-20(32)16-15(11-33-7)30(29-25-16)19-18(23)27-34-28-19/h8-10,31H,11H2,1-7H3,(H2,23,27)(H,26,32)/b24-10+. The number of nitrogen functional groups attached to an aromatic ring is 1. The van der Waals surface area contributed by atoms with Crippen molar-refractivity contribution in [2.24, 2.45) is 5.10 Å². The molecule has 12 nitrogen and oxygen atoms in total. The number of methoxy groups -OCH3 is 1. The third kappa shape index (κ3) is 5.06. The molecule has 0 fully saturated rings. The quantitative estimate of drug-likeness (QED) is 0.362. The van der Waals surface area contributed by atoms with Gasteiger partial charge in [0, 0.05) is 18.2 Å². The maximum atomic E-state index is 12.8. The second kappa shape index (κ2) is 9.21. The first kappa shape index (κ1) is 24.8. The van der Waals surface area contributed by atoms with Crippen LogP contribution < -0.4 is 11.2 Å². The lowest BCUT2D eigenvalue weighted by Gasteiger charge is -2.27. The molecule has 0 atom stereocenters. The second-order valence-electron chi connectivity index (χ2n) is 9.87. The summed E-state index contributed by atoms with van der Waals surface area (Å²) in [6, 6.07) is 3.71. The monoisotopic (exact) mass is 470 g/mol. The Labute approximate surface area is 197 Å². The maximum absolute atomic E-state index is 12.8. The summed E-state index contributed by atoms with van der Waals surface area (Å²) in [5.41, 5.74) is 10.2. The zero-order valence-electron chi connectivity index (χ0n) is 20.4. The van der Waals surface area contributed by atoms with E-state index in [9.17, 15) is 9.90 Å². The van der Waals surface area contributed by atoms with Gasteiger partial charge in [-0.3, -0.25) is 4.79 Å². The zero-order chi connectivity index (χ0) is 25.3. The van der Waals surface area contributed by atoms with Crippen LogP contribution in [0, 0.1) is 0 Å². The first-order chi connectivity index (χ1) is 15.8. The van der Waals surface area contributed by atoms with Crippen molar-refractivity contribution in [1.82, 2.24) is 30.7 Å². The van der Waals surface area contributed by atoms with Gasteiger partial charge in [-0.1, -0.05) is 46.8 Å². The van der Waals surface area contributed by atoms with E-state index in [1.54, 1.807) is 0 Å². The Balaban J connectivity index is 1.90. The molecule has 3 aromatic rings. The normalized spacial score (nSPS) is 12.4. The molecule has 1 amide bonds. The van der Waals surface area contributed by atoms with Crippen LogP contribution in [-0.2, 0) is 22.2 Å². The molecule has 1 aromatic carbocycles. The van der Waals surface area contributed by atoms with Gasteiger partial charge in [0.15, 0.2) is 5.69 Å². The van der Waals surface area contributed by atoms with Crippen molar-refractivity contribution >= 4 is 17.9 Å². The minimum absolute atomic E-state index is 0.00755. The molecule has 0 bridgehead atoms. The number of carbonyl (C=O) groups excluding carboxylic acids is 1. The van der Waals surface area contributed by atoms with Gasteiger partial charge in [0.2, 0.25) is 11.6 Å². The molecule has 2 aromatic heterocycles. The summed E-state index contributed by atoms with van der Waals surface area (Å²) in [6.45, 7) is 12.1. The number of amides is 1. The zero-order valence-corrected chi connectivity index (χ0v) is 20.4. The van der Waals surface area contributed by atoms with Crippen LogP contribution in [0.25, 0.3) is 5.82 Å². The van der Waals surface area contributed by atoms with Crippen molar-refractivity contribution in [2.45, 2.75) is 59.0 Å². The van der Waals surface area contributed by atoms with E-state index in [4.69, 9.17) is 10.5 Å². The highest BCUT2D eigenvalue weighted by Crippen LogP contribution is 2.39. The fourth-order valence-corrected chi connectivity index (χ4v) is 3.35. The van der Waals surface area contributed by atoms with Crippen molar-refractivity contribution in [2.75, 3.05) is 12.8 Å². The minimum atomic E-state index is -0.601. The van der Waals surface area contributed by atoms with Gasteiger partial charge >= 0.3 is 0 Å². The molecule has 2 heterocycles. The van der Waals surface area contributed by atoms with Gasteiger partial charge in [-0.05, 0) is 38.8 Å². The number of phenols is 1. The van der Waals surface area contributed by atoms with Gasteiger partial charge < -0.3 is 15.6 Å². The van der Waals surface area contributed by atoms with Crippen LogP contribution in [0.2, 0.25) is 0 Å². The SMILES string of the molecule is COCc1c(C(=O)N/N=C/c2cc(C(C)(C)C)c(O)c(C(C)(C)C)c2)nnn1-c1nonc1N. The van der Waals surface area contributed by atoms with Crippen LogP contribution >= 0.6 is 0 Å². The summed E-state index contributed by atoms with van der Waals surface area (Å²) in [4.78, 5) is 12.8. The van der Waals surface area contributed by atoms with E-state index in [1.807, 2.05) is 53.7 Å². The van der Waals surface area contributed by atoms with Crippen LogP contribution in [0.1, 0.15) is 74.4 Å². The maximum Gasteiger partial charge on any atom is 0.293 e. The van der Waals surface area contributed by atoms with Gasteiger partial charge in [0.1, 0.15) is 11.4 Å². The lowest BCUT2D eigenvalue weighted by atomic mass is 9.78. The predicted octanol–water partition coefficient (Wildman–Crippen LogP) is 2.44. The third-order valence-electron chi connectivity index (χ3n) is 5.08. The number of aromatic hydroxyl groups is 1. The van der Waals surface area contributed by atoms with Crippen LogP contribution in [0.4, 0.5) is 5.82 Å². The second-order valence-corrected chi connectivity index (χ2v) is 9.87. The Kier molecular flexibility index (Phi) is 6.73. The Bertz CT molecular complexity index is 1180. The largest absolute Gasteiger partial charge is 0.507 e. The number of hydrazone groups is 1. The van der Waals surface area contributed by atoms with E-state index in [1.165, 1.54) is 18.0 Å². The number of ether oxygens (including phenoxy) is 1. The molecule has 182 valence electrons. The third-order valence-corrected chi connectivity index (χ3v) is 5.08. The number of benzene rings is 1. The van der Waals surface area contributed by atoms with Crippen molar-refractivity contribution < 1.29 is 19.3 Å². The predicted molar refractivity (Wildman–Crippen MR) is 125 cm³/mol. The lowest BCUT2D eigenvalue weighted by Crippen LogP contribution is -2.21. The van der Waals surface area contributed by atoms with Crippen molar-refractivity contribution in [3.05, 3.63) is 40.2 Å². The molecule has 0 saturated heterocycles. The average molecular weight is 471 g/mol. The number of aromatic nitrogens is 5. The number of carbonyl (C=O) groups is 1. The molecule has 0 aliphatic heterocycles. The van der Waals surface area contributed by atoms with Crippen LogP contribution in [0.15, 0.2) is 21.9 Å². The number of nitrogens with two attached hydrogens (primary N) is 1. The van der Waals surface area contributed by atoms with E-state index >= 15 is 0 Å². The summed E-state index contributed by atoms with van der Waals surface area (Å²) >= 11 is 0. The number of hydrogen-bond donors (Lipinski definition) is 3. The minimum Gasteiger partial charge on any atom is -0.507 e. The summed E-state index contributed by atoms with van der Waals surface area (Å²) in [7, 11) is 1.46. The number of nitrogens with one attached hydrogen (secondary N) is 1. The van der Waals surface area contributed by atoms with Crippen LogP contribution in [0.3, 0.4) is 0 Å². The summed E-state index contributed by atoms with van der Waals surface area (Å²) in [5.74, 6) is -0.251. The topological polar surface area (TPSA) is 167 Å². The molecular weight excluding hydrogens is 440 g/mol. The van der Waals surface area contributed by atoms with Crippen molar-refractivity contribution in [3.63, 3.8) is 0 Å². The number of rotatable bonds is 6. The fourth-order valence-electron chi connectivity index (χ4n) is 3.35. The first-order valence-electron chi connectivity index (χ1n) is 10.6. The van der Waals surface area contributed by atoms with Crippen molar-refractivity contribution in [1.29, 1.82) is 0 Å². The Morgan fingerprint density at radius 3 is 2.32 bits per heavy atom. The Morgan fingerprint density at radius 1 is 1.21 bits per heavy atom. The molecule has 0 aliphatic carbocycles. The van der Waals surface area contributed by atoms with E-state index < -0.39 is 5.91 Å². The summed E-state index contributed by atoms with van der Waals surface area (Å²) < 4.78 is 11.0. The van der Waals surface area contributed by atoms with E-state index in [0.29, 0.717) is 5.69 Å². The Morgan fingerprint density at radius 2 is 1.82 bits per heavy atom. The van der Waals surface area contributed by atoms with Crippen molar-refractivity contribution in [3.8, 4) is 11.6 Å². The molecule has 0 radical (unpaired) electrons. The molecule has 4 N–H and O–H groups in total. The highest BCUT2D eigenvalue weighted by atomic mass is 16.6. The van der Waals surface area contributed by atoms with E-state index in [0.717, 1.165) is 16.7 Å². The molecule has 34 heavy (non-hydrogen) atoms. The Hall–Kier alpha value is -3.80. The highest BCUT2D eigenvalue weighted by Gasteiger charge is 2.27. The molecule has 0 spiro atoms. The number of hydrogen-bond acceptors (Lipinski definition) is 10. The average Bonchev–Trinajstić information content (AvgIpc) is 3.33. The first-order valence-corrected chi connectivity index (χ1v) is 10.6. The van der Waals surface area contributed by atoms with Crippen LogP contribution in [0.5, 0.6) is 5.75 Å². The van der Waals surface area contributed by atoms with E-state index in [-0.39, 0.29) is 40.5 Å². The van der Waals surface area contributed by atoms with Gasteiger partial charge in [-0.15, -0.1) is 5.10 Å². The summed E-state index contributed by atoms with van der Waals surface area (Å²) in [6.07, 6.45) is 1.52. The fraction of sp³-hybridized carbons (Fsp3) is 0.455. The highest BCUT2D eigenvalue weighted by molar-refractivity contribution is 5.94. The van der Waals surface area contributed by atoms with Gasteiger partial charge in [0.05, 0.1) is 12.8 Å². The number of anilines is 1. The number of phenolic OH excluding ortho intramolecular Hbond substituents is 1. The van der Waals surface area contributed by atoms with Gasteiger partial charge in [-0.2, -0.15) is 9.78 Å². The molecule has 0 saturated carbocycles. The van der Waals surface area contributed by atoms with Gasteiger partial charge in [0.25, 0.3) is 5.91 Å².